The maximum absolute atomic E-state index is 12.7. The van der Waals surface area contributed by atoms with E-state index in [0.29, 0.717) is 29.1 Å². The van der Waals surface area contributed by atoms with Crippen molar-refractivity contribution in [2.24, 2.45) is 0 Å². The number of para-hydroxylation sites is 1. The van der Waals surface area contributed by atoms with Gasteiger partial charge < -0.3 is 34.9 Å². The Hall–Kier alpha value is -4.22. The molecule has 260 valence electrons. The number of benzene rings is 3. The first-order valence-corrected chi connectivity index (χ1v) is 17.7. The third kappa shape index (κ3) is 9.48. The van der Waals surface area contributed by atoms with Crippen molar-refractivity contribution in [2.45, 2.75) is 75.8 Å². The van der Waals surface area contributed by atoms with Crippen LogP contribution in [0.1, 0.15) is 63.0 Å². The molecule has 0 bridgehead atoms. The molecule has 10 nitrogen and oxygen atoms in total. The normalized spacial score (nSPS) is 19.2. The molecule has 3 heterocycles. The van der Waals surface area contributed by atoms with Gasteiger partial charge in [-0.15, -0.1) is 0 Å². The Morgan fingerprint density at radius 2 is 1.65 bits per heavy atom. The number of anilines is 1. The van der Waals surface area contributed by atoms with Gasteiger partial charge >= 0.3 is 6.09 Å². The molecule has 2 fully saturated rings. The molecule has 0 aliphatic carbocycles. The highest BCUT2D eigenvalue weighted by Gasteiger charge is 2.26. The van der Waals surface area contributed by atoms with Crippen LogP contribution in [0.3, 0.4) is 0 Å². The highest BCUT2D eigenvalue weighted by molar-refractivity contribution is 5.91. The Morgan fingerprint density at radius 3 is 2.45 bits per heavy atom. The number of piperidine rings is 1. The van der Waals surface area contributed by atoms with E-state index in [2.05, 4.69) is 20.5 Å². The molecule has 0 spiro atoms. The van der Waals surface area contributed by atoms with Gasteiger partial charge in [0.25, 0.3) is 0 Å². The summed E-state index contributed by atoms with van der Waals surface area (Å²) in [6.45, 7) is 4.05. The number of hydrogen-bond donors (Lipinski definition) is 5. The van der Waals surface area contributed by atoms with Gasteiger partial charge in [0.2, 0.25) is 5.56 Å². The van der Waals surface area contributed by atoms with Crippen molar-refractivity contribution < 1.29 is 24.5 Å². The number of rotatable bonds is 14. The van der Waals surface area contributed by atoms with Crippen LogP contribution in [0.15, 0.2) is 83.7 Å². The lowest BCUT2D eigenvalue weighted by molar-refractivity contribution is 0.0293. The molecular weight excluding hydrogens is 620 g/mol. The summed E-state index contributed by atoms with van der Waals surface area (Å²) in [5, 5.41) is 27.8. The average Bonchev–Trinajstić information content (AvgIpc) is 3.57. The molecule has 4 aromatic rings. The van der Waals surface area contributed by atoms with Crippen LogP contribution in [0.4, 0.5) is 10.5 Å². The van der Waals surface area contributed by atoms with Gasteiger partial charge in [-0.2, -0.15) is 0 Å². The molecule has 10 heteroatoms. The molecule has 2 aliphatic rings. The molecule has 5 N–H and O–H groups in total. The van der Waals surface area contributed by atoms with Gasteiger partial charge in [0.15, 0.2) is 0 Å². The molecule has 6 rings (SSSR count). The summed E-state index contributed by atoms with van der Waals surface area (Å²) in [6.07, 6.45) is 7.35. The van der Waals surface area contributed by atoms with Gasteiger partial charge in [0, 0.05) is 36.7 Å². The van der Waals surface area contributed by atoms with E-state index in [1.54, 1.807) is 12.1 Å². The van der Waals surface area contributed by atoms with E-state index < -0.39 is 12.2 Å². The summed E-state index contributed by atoms with van der Waals surface area (Å²) in [6, 6.07) is 24.0. The number of aromatic nitrogens is 1. The second-order valence-corrected chi connectivity index (χ2v) is 13.2. The van der Waals surface area contributed by atoms with Crippen LogP contribution in [0, 0.1) is 0 Å². The summed E-state index contributed by atoms with van der Waals surface area (Å²) in [5.74, 6) is -0.0122. The van der Waals surface area contributed by atoms with E-state index in [1.807, 2.05) is 54.6 Å². The van der Waals surface area contributed by atoms with Gasteiger partial charge in [0.1, 0.15) is 11.9 Å². The lowest BCUT2D eigenvalue weighted by Gasteiger charge is -2.31. The fraction of sp³-hybridized carbons (Fsp3) is 0.436. The summed E-state index contributed by atoms with van der Waals surface area (Å²) in [5.41, 5.74) is 3.49. The number of amides is 1. The second kappa shape index (κ2) is 16.9. The van der Waals surface area contributed by atoms with E-state index in [1.165, 1.54) is 12.1 Å². The van der Waals surface area contributed by atoms with Crippen molar-refractivity contribution in [3.63, 3.8) is 0 Å². The smallest absolute Gasteiger partial charge is 0.411 e. The zero-order valence-electron chi connectivity index (χ0n) is 28.0. The molecule has 1 amide bonds. The minimum Gasteiger partial charge on any atom is -0.506 e. The number of ether oxygens (including phenoxy) is 2. The van der Waals surface area contributed by atoms with Gasteiger partial charge in [-0.05, 0) is 93.8 Å². The average molecular weight is 669 g/mol. The van der Waals surface area contributed by atoms with Gasteiger partial charge in [-0.3, -0.25) is 10.1 Å². The highest BCUT2D eigenvalue weighted by atomic mass is 16.6. The Morgan fingerprint density at radius 1 is 0.918 bits per heavy atom. The number of aromatic amines is 1. The third-order valence-corrected chi connectivity index (χ3v) is 9.74. The maximum atomic E-state index is 12.7. The Labute approximate surface area is 287 Å². The van der Waals surface area contributed by atoms with E-state index in [-0.39, 0.29) is 23.5 Å². The number of aliphatic hydroxyl groups excluding tert-OH is 1. The Bertz CT molecular complexity index is 1720. The first-order chi connectivity index (χ1) is 23.9. The molecule has 0 radical (unpaired) electrons. The summed E-state index contributed by atoms with van der Waals surface area (Å²) >= 11 is 0. The van der Waals surface area contributed by atoms with Crippen LogP contribution < -0.4 is 16.2 Å². The number of carbonyl (C=O) groups is 1. The zero-order valence-corrected chi connectivity index (χ0v) is 28.0. The highest BCUT2D eigenvalue weighted by Crippen LogP contribution is 2.30. The van der Waals surface area contributed by atoms with E-state index in [4.69, 9.17) is 9.47 Å². The number of likely N-dealkylation sites (tertiary alicyclic amines) is 1. The number of carbonyl (C=O) groups excluding carboxylic acids is 1. The molecule has 1 aromatic heterocycles. The first-order valence-electron chi connectivity index (χ1n) is 17.7. The van der Waals surface area contributed by atoms with Crippen LogP contribution in [-0.4, -0.2) is 77.2 Å². The van der Waals surface area contributed by atoms with E-state index in [9.17, 15) is 19.8 Å². The number of nitrogens with one attached hydrogen (secondary N) is 3. The van der Waals surface area contributed by atoms with Crippen molar-refractivity contribution in [3.8, 4) is 16.9 Å². The number of aliphatic hydroxyl groups is 1. The molecular formula is C39H48N4O6. The fourth-order valence-electron chi connectivity index (χ4n) is 7.10. The number of fused-ring (bicyclic) bond motifs is 1. The number of phenolic OH excluding ortho intramolecular Hbond substituents is 1. The lowest BCUT2D eigenvalue weighted by atomic mass is 10.0. The van der Waals surface area contributed by atoms with Crippen LogP contribution in [-0.2, 0) is 9.47 Å². The van der Waals surface area contributed by atoms with Gasteiger partial charge in [0.05, 0.1) is 29.5 Å². The van der Waals surface area contributed by atoms with Crippen LogP contribution >= 0.6 is 0 Å². The molecule has 2 saturated heterocycles. The van der Waals surface area contributed by atoms with E-state index >= 15 is 0 Å². The zero-order chi connectivity index (χ0) is 34.0. The Kier molecular flexibility index (Phi) is 12.0. The number of nitrogens with zero attached hydrogens (tertiary/aromatic N) is 1. The molecule has 2 aliphatic heterocycles. The largest absolute Gasteiger partial charge is 0.506 e. The quantitative estimate of drug-likeness (QED) is 0.0982. The maximum Gasteiger partial charge on any atom is 0.411 e. The predicted octanol–water partition coefficient (Wildman–Crippen LogP) is 6.34. The molecule has 3 atom stereocenters. The lowest BCUT2D eigenvalue weighted by Crippen LogP contribution is -2.39. The number of pyridine rings is 1. The SMILES string of the molecule is O=C(Nc1ccccc1-c1ccccc1)OC1CCN(CCCC2CCC(CCCNC[C@@H](O)c3ccc(O)c4[nH]c(=O)ccc34)O2)CC1. The predicted molar refractivity (Wildman–Crippen MR) is 192 cm³/mol. The number of hydrogen-bond acceptors (Lipinski definition) is 8. The second-order valence-electron chi connectivity index (χ2n) is 13.2. The number of H-pyrrole nitrogens is 1. The number of aromatic hydroxyl groups is 1. The number of phenols is 1. The molecule has 49 heavy (non-hydrogen) atoms. The van der Waals surface area contributed by atoms with Crippen molar-refractivity contribution in [1.29, 1.82) is 0 Å². The van der Waals surface area contributed by atoms with Crippen molar-refractivity contribution in [1.82, 2.24) is 15.2 Å². The monoisotopic (exact) mass is 668 g/mol. The fourth-order valence-corrected chi connectivity index (χ4v) is 7.10. The van der Waals surface area contributed by atoms with Crippen LogP contribution in [0.25, 0.3) is 22.0 Å². The van der Waals surface area contributed by atoms with E-state index in [0.717, 1.165) is 94.4 Å². The summed E-state index contributed by atoms with van der Waals surface area (Å²) in [7, 11) is 0. The summed E-state index contributed by atoms with van der Waals surface area (Å²) < 4.78 is 12.2. The van der Waals surface area contributed by atoms with Gasteiger partial charge in [-0.1, -0.05) is 54.6 Å². The topological polar surface area (TPSA) is 136 Å². The summed E-state index contributed by atoms with van der Waals surface area (Å²) in [4.78, 5) is 29.5. The van der Waals surface area contributed by atoms with Gasteiger partial charge in [-0.25, -0.2) is 4.79 Å². The standard InChI is InChI=1S/C39H48N4O6/c44-35-18-16-32(33-17-19-37(46)42-38(33)35)36(45)26-40-22-6-10-28-14-15-29(48-28)11-7-23-43-24-20-30(21-25-43)49-39(47)41-34-13-5-4-12-31(34)27-8-2-1-3-9-27/h1-5,8-9,12-13,16-19,28-30,36,40,44-45H,6-7,10-11,14-15,20-26H2,(H,41,47)(H,42,46)/t28?,29?,36-/m1/s1. The molecule has 2 unspecified atom stereocenters. The first kappa shape index (κ1) is 34.6. The van der Waals surface area contributed by atoms with Crippen molar-refractivity contribution in [3.05, 3.63) is 94.8 Å². The van der Waals surface area contributed by atoms with Crippen LogP contribution in [0.5, 0.6) is 5.75 Å². The third-order valence-electron chi connectivity index (χ3n) is 9.74. The Balaban J connectivity index is 0.822. The minimum absolute atomic E-state index is 0.0122. The van der Waals surface area contributed by atoms with Crippen molar-refractivity contribution >= 4 is 22.7 Å². The van der Waals surface area contributed by atoms with Crippen molar-refractivity contribution in [2.75, 3.05) is 38.0 Å². The molecule has 0 saturated carbocycles. The van der Waals surface area contributed by atoms with Crippen LogP contribution in [0.2, 0.25) is 0 Å². The molecule has 3 aromatic carbocycles. The minimum atomic E-state index is -0.757.